The minimum absolute atomic E-state index is 0.210. The van der Waals surface area contributed by atoms with Gasteiger partial charge in [0.05, 0.1) is 10.7 Å². The molecule has 0 saturated heterocycles. The summed E-state index contributed by atoms with van der Waals surface area (Å²) in [5.41, 5.74) is 0. The minimum atomic E-state index is 0.210. The quantitative estimate of drug-likeness (QED) is 0.820. The zero-order valence-electron chi connectivity index (χ0n) is 6.87. The molecule has 1 aromatic heterocycles. The Labute approximate surface area is 93.3 Å². The zero-order chi connectivity index (χ0) is 9.42. The molecular weight excluding hydrogens is 299 g/mol. The highest BCUT2D eigenvalue weighted by atomic mass is 127. The lowest BCUT2D eigenvalue weighted by Gasteiger charge is -2.06. The van der Waals surface area contributed by atoms with Crippen molar-refractivity contribution >= 4 is 44.0 Å². The molecule has 0 spiro atoms. The van der Waals surface area contributed by atoms with Crippen LogP contribution in [0.4, 0.5) is 0 Å². The molecule has 1 aromatic carbocycles. The maximum atomic E-state index is 9.58. The van der Waals surface area contributed by atoms with E-state index < -0.39 is 0 Å². The molecule has 2 nitrogen and oxygen atoms in total. The highest BCUT2D eigenvalue weighted by Crippen LogP contribution is 2.39. The van der Waals surface area contributed by atoms with Gasteiger partial charge in [-0.2, -0.15) is 0 Å². The van der Waals surface area contributed by atoms with Gasteiger partial charge in [0.25, 0.3) is 0 Å². The average molecular weight is 306 g/mol. The van der Waals surface area contributed by atoms with Crippen molar-refractivity contribution in [3.8, 4) is 11.5 Å². The molecule has 0 aliphatic rings. The van der Waals surface area contributed by atoms with Crippen molar-refractivity contribution in [1.29, 1.82) is 0 Å². The predicted octanol–water partition coefficient (Wildman–Crippen LogP) is 3.22. The van der Waals surface area contributed by atoms with Crippen LogP contribution in [0.5, 0.6) is 11.5 Å². The van der Waals surface area contributed by atoms with E-state index in [0.717, 1.165) is 13.7 Å². The minimum Gasteiger partial charge on any atom is -0.504 e. The van der Waals surface area contributed by atoms with Crippen molar-refractivity contribution in [2.45, 2.75) is 0 Å². The highest BCUT2D eigenvalue weighted by Gasteiger charge is 2.11. The van der Waals surface area contributed by atoms with E-state index in [0.29, 0.717) is 5.75 Å². The van der Waals surface area contributed by atoms with Crippen molar-refractivity contribution < 1.29 is 9.84 Å². The van der Waals surface area contributed by atoms with Gasteiger partial charge in [-0.3, -0.25) is 0 Å². The van der Waals surface area contributed by atoms with Crippen LogP contribution < -0.4 is 4.74 Å². The molecule has 13 heavy (non-hydrogen) atoms. The molecule has 0 saturated carbocycles. The summed E-state index contributed by atoms with van der Waals surface area (Å²) >= 11 is 3.80. The number of phenolic OH excluding ortho intramolecular Hbond substituents is 1. The summed E-state index contributed by atoms with van der Waals surface area (Å²) in [5, 5.41) is 12.7. The Kier molecular flexibility index (Phi) is 2.33. The molecule has 0 bridgehead atoms. The Morgan fingerprint density at radius 2 is 2.31 bits per heavy atom. The van der Waals surface area contributed by atoms with E-state index in [-0.39, 0.29) is 5.75 Å². The molecule has 0 radical (unpaired) electrons. The molecule has 0 aliphatic carbocycles. The number of benzene rings is 1. The third-order valence-corrected chi connectivity index (χ3v) is 3.77. The SMILES string of the molecule is COc1c(O)cc2sccc2c1I. The summed E-state index contributed by atoms with van der Waals surface area (Å²) < 4.78 is 7.16. The summed E-state index contributed by atoms with van der Waals surface area (Å²) in [7, 11) is 1.56. The summed E-state index contributed by atoms with van der Waals surface area (Å²) in [6.45, 7) is 0. The molecule has 0 atom stereocenters. The van der Waals surface area contributed by atoms with E-state index in [1.165, 1.54) is 0 Å². The van der Waals surface area contributed by atoms with Gasteiger partial charge >= 0.3 is 0 Å². The van der Waals surface area contributed by atoms with Gasteiger partial charge < -0.3 is 9.84 Å². The van der Waals surface area contributed by atoms with E-state index in [1.54, 1.807) is 24.5 Å². The second-order valence-corrected chi connectivity index (χ2v) is 4.60. The number of halogens is 1. The van der Waals surface area contributed by atoms with Crippen LogP contribution in [0.3, 0.4) is 0 Å². The number of phenols is 1. The van der Waals surface area contributed by atoms with Crippen LogP contribution in [-0.2, 0) is 0 Å². The number of hydrogen-bond acceptors (Lipinski definition) is 3. The Morgan fingerprint density at radius 1 is 1.54 bits per heavy atom. The Morgan fingerprint density at radius 3 is 3.00 bits per heavy atom. The average Bonchev–Trinajstić information content (AvgIpc) is 2.53. The van der Waals surface area contributed by atoms with Gasteiger partial charge in [-0.15, -0.1) is 11.3 Å². The van der Waals surface area contributed by atoms with Crippen molar-refractivity contribution in [1.82, 2.24) is 0 Å². The smallest absolute Gasteiger partial charge is 0.174 e. The molecule has 0 unspecified atom stereocenters. The first-order valence-electron chi connectivity index (χ1n) is 3.66. The number of methoxy groups -OCH3 is 1. The van der Waals surface area contributed by atoms with Crippen LogP contribution in [0.2, 0.25) is 0 Å². The monoisotopic (exact) mass is 306 g/mol. The van der Waals surface area contributed by atoms with Gasteiger partial charge in [-0.1, -0.05) is 0 Å². The van der Waals surface area contributed by atoms with E-state index in [9.17, 15) is 5.11 Å². The van der Waals surface area contributed by atoms with Crippen LogP contribution >= 0.6 is 33.9 Å². The molecule has 4 heteroatoms. The summed E-state index contributed by atoms with van der Waals surface area (Å²) in [4.78, 5) is 0. The normalized spacial score (nSPS) is 10.6. The van der Waals surface area contributed by atoms with Crippen molar-refractivity contribution in [2.75, 3.05) is 7.11 Å². The summed E-state index contributed by atoms with van der Waals surface area (Å²) in [6, 6.07) is 3.77. The highest BCUT2D eigenvalue weighted by molar-refractivity contribution is 14.1. The molecule has 2 aromatic rings. The van der Waals surface area contributed by atoms with Crippen molar-refractivity contribution in [2.24, 2.45) is 0 Å². The summed E-state index contributed by atoms with van der Waals surface area (Å²) in [5.74, 6) is 0.772. The first kappa shape index (κ1) is 9.08. The van der Waals surface area contributed by atoms with Gasteiger partial charge in [0, 0.05) is 16.2 Å². The third-order valence-electron chi connectivity index (χ3n) is 1.84. The molecule has 68 valence electrons. The van der Waals surface area contributed by atoms with Gasteiger partial charge in [0.1, 0.15) is 0 Å². The fraction of sp³-hybridized carbons (Fsp3) is 0.111. The molecule has 2 rings (SSSR count). The summed E-state index contributed by atoms with van der Waals surface area (Å²) in [6.07, 6.45) is 0. The third kappa shape index (κ3) is 1.38. The van der Waals surface area contributed by atoms with Crippen LogP contribution in [0.1, 0.15) is 0 Å². The van der Waals surface area contributed by atoms with Crippen LogP contribution in [0.25, 0.3) is 10.1 Å². The fourth-order valence-corrected chi connectivity index (χ4v) is 3.21. The molecular formula is C9H7IO2S. The first-order valence-corrected chi connectivity index (χ1v) is 5.62. The zero-order valence-corrected chi connectivity index (χ0v) is 9.85. The maximum absolute atomic E-state index is 9.58. The molecule has 0 aliphatic heterocycles. The Balaban J connectivity index is 2.85. The fourth-order valence-electron chi connectivity index (χ4n) is 1.23. The molecule has 1 N–H and O–H groups in total. The van der Waals surface area contributed by atoms with Crippen LogP contribution in [-0.4, -0.2) is 12.2 Å². The number of aromatic hydroxyl groups is 1. The number of thiophene rings is 1. The van der Waals surface area contributed by atoms with E-state index in [2.05, 4.69) is 22.6 Å². The van der Waals surface area contributed by atoms with Crippen molar-refractivity contribution in [3.63, 3.8) is 0 Å². The molecule has 1 heterocycles. The van der Waals surface area contributed by atoms with E-state index in [1.807, 2.05) is 11.4 Å². The largest absolute Gasteiger partial charge is 0.504 e. The standard InChI is InChI=1S/C9H7IO2S/c1-12-9-6(11)4-7-5(8(9)10)2-3-13-7/h2-4,11H,1H3. The Hall–Kier alpha value is -0.490. The van der Waals surface area contributed by atoms with Crippen LogP contribution in [0.15, 0.2) is 17.5 Å². The lowest BCUT2D eigenvalue weighted by atomic mass is 10.2. The number of ether oxygens (including phenoxy) is 1. The van der Waals surface area contributed by atoms with Gasteiger partial charge in [0.15, 0.2) is 11.5 Å². The maximum Gasteiger partial charge on any atom is 0.174 e. The Bertz CT molecular complexity index is 450. The molecule has 0 amide bonds. The van der Waals surface area contributed by atoms with Gasteiger partial charge in [-0.25, -0.2) is 0 Å². The number of hydrogen-bond donors (Lipinski definition) is 1. The van der Waals surface area contributed by atoms with Crippen LogP contribution in [0, 0.1) is 3.57 Å². The van der Waals surface area contributed by atoms with Crippen molar-refractivity contribution in [3.05, 3.63) is 21.1 Å². The molecule has 0 fully saturated rings. The lowest BCUT2D eigenvalue weighted by Crippen LogP contribution is -1.87. The second kappa shape index (κ2) is 3.34. The van der Waals surface area contributed by atoms with Gasteiger partial charge in [0.2, 0.25) is 0 Å². The second-order valence-electron chi connectivity index (χ2n) is 2.58. The lowest BCUT2D eigenvalue weighted by molar-refractivity contribution is 0.372. The van der Waals surface area contributed by atoms with E-state index >= 15 is 0 Å². The predicted molar refractivity (Wildman–Crippen MR) is 62.8 cm³/mol. The topological polar surface area (TPSA) is 29.5 Å². The number of fused-ring (bicyclic) bond motifs is 1. The first-order chi connectivity index (χ1) is 6.24. The van der Waals surface area contributed by atoms with Gasteiger partial charge in [-0.05, 0) is 34.0 Å². The van der Waals surface area contributed by atoms with E-state index in [4.69, 9.17) is 4.74 Å². The number of rotatable bonds is 1.